The second kappa shape index (κ2) is 8.73. The number of aromatic carboxylic acids is 1. The predicted octanol–water partition coefficient (Wildman–Crippen LogP) is 4.91. The van der Waals surface area contributed by atoms with E-state index in [1.165, 1.54) is 24.4 Å². The number of fused-ring (bicyclic) bond motifs is 1. The smallest absolute Gasteiger partial charge is 0.337 e. The van der Waals surface area contributed by atoms with E-state index in [4.69, 9.17) is 11.6 Å². The van der Waals surface area contributed by atoms with Crippen LogP contribution in [-0.2, 0) is 10.0 Å². The maximum absolute atomic E-state index is 12.7. The molecule has 1 aromatic heterocycles. The van der Waals surface area contributed by atoms with Crippen LogP contribution in [0.4, 0.5) is 0 Å². The van der Waals surface area contributed by atoms with Crippen LogP contribution in [0.1, 0.15) is 27.3 Å². The van der Waals surface area contributed by atoms with Gasteiger partial charge in [-0.3, -0.25) is 0 Å². The van der Waals surface area contributed by atoms with Crippen LogP contribution in [0.25, 0.3) is 16.5 Å². The third-order valence-corrected chi connectivity index (χ3v) is 6.87. The van der Waals surface area contributed by atoms with Crippen molar-refractivity contribution in [1.29, 1.82) is 0 Å². The van der Waals surface area contributed by atoms with Crippen molar-refractivity contribution in [3.63, 3.8) is 0 Å². The Morgan fingerprint density at radius 3 is 2.48 bits per heavy atom. The number of halogens is 1. The summed E-state index contributed by atoms with van der Waals surface area (Å²) in [6, 6.07) is 19.0. The number of carboxylic acids is 1. The predicted molar refractivity (Wildman–Crippen MR) is 129 cm³/mol. The maximum Gasteiger partial charge on any atom is 0.337 e. The highest BCUT2D eigenvalue weighted by Gasteiger charge is 2.16. The van der Waals surface area contributed by atoms with Gasteiger partial charge in [0.1, 0.15) is 0 Å². The van der Waals surface area contributed by atoms with Gasteiger partial charge in [-0.15, -0.1) is 0 Å². The van der Waals surface area contributed by atoms with E-state index in [2.05, 4.69) is 9.93 Å². The molecule has 0 amide bonds. The average molecular weight is 482 g/mol. The number of carbonyl (C=O) groups is 1. The monoisotopic (exact) mass is 481 g/mol. The zero-order valence-corrected chi connectivity index (χ0v) is 19.4. The highest BCUT2D eigenvalue weighted by Crippen LogP contribution is 2.25. The summed E-state index contributed by atoms with van der Waals surface area (Å²) >= 11 is 5.98. The molecule has 3 aromatic carbocycles. The number of hydrogen-bond donors (Lipinski definition) is 2. The molecular weight excluding hydrogens is 462 g/mol. The third kappa shape index (κ3) is 4.48. The Bertz CT molecular complexity index is 1520. The minimum absolute atomic E-state index is 0.0000267. The first-order chi connectivity index (χ1) is 15.7. The molecule has 0 spiro atoms. The second-order valence-corrected chi connectivity index (χ2v) is 9.56. The van der Waals surface area contributed by atoms with Gasteiger partial charge in [-0.25, -0.2) is 9.63 Å². The van der Waals surface area contributed by atoms with E-state index in [0.29, 0.717) is 11.3 Å². The Balaban J connectivity index is 1.60. The van der Waals surface area contributed by atoms with Crippen molar-refractivity contribution in [1.82, 2.24) is 9.40 Å². The summed E-state index contributed by atoms with van der Waals surface area (Å²) in [5.41, 5.74) is 2.90. The van der Waals surface area contributed by atoms with E-state index < -0.39 is 16.0 Å². The maximum atomic E-state index is 12.7. The lowest BCUT2D eigenvalue weighted by atomic mass is 10.1. The molecule has 1 heterocycles. The summed E-state index contributed by atoms with van der Waals surface area (Å²) in [4.78, 5) is 13.8. The number of aryl methyl sites for hydroxylation is 1. The summed E-state index contributed by atoms with van der Waals surface area (Å²) in [7, 11) is -3.84. The fraction of sp³-hybridized carbons (Fsp3) is 0.0833. The van der Waals surface area contributed by atoms with Crippen LogP contribution in [-0.4, -0.2) is 30.3 Å². The van der Waals surface area contributed by atoms with Crippen molar-refractivity contribution in [2.75, 3.05) is 0 Å². The molecule has 0 unspecified atom stereocenters. The highest BCUT2D eigenvalue weighted by molar-refractivity contribution is 7.89. The molecule has 0 aliphatic rings. The summed E-state index contributed by atoms with van der Waals surface area (Å²) in [5.74, 6) is -1.12. The van der Waals surface area contributed by atoms with Crippen LogP contribution in [0.2, 0.25) is 5.02 Å². The van der Waals surface area contributed by atoms with Gasteiger partial charge in [0.2, 0.25) is 0 Å². The SMILES string of the molecule is Cc1cc(/C=N/NS(=O)(=O)c2ccc3ccccc3c2)c(C)n1-c1ccc(Cl)c(C(=O)O)c1. The molecule has 33 heavy (non-hydrogen) atoms. The first-order valence-corrected chi connectivity index (χ1v) is 11.8. The molecule has 0 fully saturated rings. The van der Waals surface area contributed by atoms with Crippen molar-refractivity contribution in [3.8, 4) is 5.69 Å². The fourth-order valence-corrected chi connectivity index (χ4v) is 4.71. The number of rotatable bonds is 6. The van der Waals surface area contributed by atoms with Gasteiger partial charge < -0.3 is 9.67 Å². The minimum atomic E-state index is -3.84. The zero-order valence-electron chi connectivity index (χ0n) is 17.8. The highest BCUT2D eigenvalue weighted by atomic mass is 35.5. The average Bonchev–Trinajstić information content (AvgIpc) is 3.06. The Hall–Kier alpha value is -3.62. The van der Waals surface area contributed by atoms with Crippen LogP contribution >= 0.6 is 11.6 Å². The second-order valence-electron chi connectivity index (χ2n) is 7.49. The topological polar surface area (TPSA) is 101 Å². The number of sulfonamides is 1. The van der Waals surface area contributed by atoms with E-state index in [1.54, 1.807) is 18.2 Å². The lowest BCUT2D eigenvalue weighted by Crippen LogP contribution is -2.18. The van der Waals surface area contributed by atoms with Crippen LogP contribution in [0.3, 0.4) is 0 Å². The molecule has 4 aromatic rings. The van der Waals surface area contributed by atoms with Crippen LogP contribution in [0, 0.1) is 13.8 Å². The van der Waals surface area contributed by atoms with Gasteiger partial charge in [0.15, 0.2) is 0 Å². The third-order valence-electron chi connectivity index (χ3n) is 5.32. The van der Waals surface area contributed by atoms with Crippen molar-refractivity contribution < 1.29 is 18.3 Å². The van der Waals surface area contributed by atoms with E-state index >= 15 is 0 Å². The molecule has 9 heteroatoms. The van der Waals surface area contributed by atoms with Gasteiger partial charge >= 0.3 is 5.97 Å². The first-order valence-electron chi connectivity index (χ1n) is 9.93. The first kappa shape index (κ1) is 22.6. The summed E-state index contributed by atoms with van der Waals surface area (Å²) in [6.07, 6.45) is 1.42. The van der Waals surface area contributed by atoms with Crippen molar-refractivity contribution in [2.24, 2.45) is 5.10 Å². The molecule has 0 aliphatic carbocycles. The number of carboxylic acid groups (broad SMARTS) is 1. The van der Waals surface area contributed by atoms with E-state index in [-0.39, 0.29) is 15.5 Å². The van der Waals surface area contributed by atoms with Crippen molar-refractivity contribution in [2.45, 2.75) is 18.7 Å². The van der Waals surface area contributed by atoms with Gasteiger partial charge in [0.05, 0.1) is 21.7 Å². The van der Waals surface area contributed by atoms with E-state index in [0.717, 1.165) is 22.2 Å². The van der Waals surface area contributed by atoms with Crippen molar-refractivity contribution >= 4 is 44.6 Å². The van der Waals surface area contributed by atoms with Crippen molar-refractivity contribution in [3.05, 3.63) is 94.3 Å². The van der Waals surface area contributed by atoms with E-state index in [9.17, 15) is 18.3 Å². The normalized spacial score (nSPS) is 11.8. The Morgan fingerprint density at radius 2 is 1.76 bits per heavy atom. The molecular formula is C24H20ClN3O4S. The number of hydrogen-bond acceptors (Lipinski definition) is 4. The molecule has 0 radical (unpaired) electrons. The Kier molecular flexibility index (Phi) is 5.97. The number of nitrogens with one attached hydrogen (secondary N) is 1. The van der Waals surface area contributed by atoms with Gasteiger partial charge in [-0.1, -0.05) is 41.9 Å². The molecule has 2 N–H and O–H groups in total. The summed E-state index contributed by atoms with van der Waals surface area (Å²) in [6.45, 7) is 3.69. The Labute approximate surface area is 196 Å². The summed E-state index contributed by atoms with van der Waals surface area (Å²) < 4.78 is 27.2. The Morgan fingerprint density at radius 1 is 1.03 bits per heavy atom. The standard InChI is InChI=1S/C24H20ClN3O4S/c1-15-11-19(16(2)28(15)20-8-10-23(25)22(13-20)24(29)30)14-26-27-33(31,32)21-9-7-17-5-3-4-6-18(17)12-21/h3-14,27H,1-2H3,(H,29,30)/b26-14+. The van der Waals surface area contributed by atoms with Gasteiger partial charge in [0.25, 0.3) is 10.0 Å². The van der Waals surface area contributed by atoms with Gasteiger partial charge in [0, 0.05) is 22.6 Å². The molecule has 0 saturated heterocycles. The number of hydrazone groups is 1. The molecule has 4 rings (SSSR count). The quantitative estimate of drug-likeness (QED) is 0.302. The lowest BCUT2D eigenvalue weighted by Gasteiger charge is -2.11. The molecule has 0 saturated carbocycles. The molecule has 0 bridgehead atoms. The molecule has 7 nitrogen and oxygen atoms in total. The van der Waals surface area contributed by atoms with Gasteiger partial charge in [-0.2, -0.15) is 13.5 Å². The van der Waals surface area contributed by atoms with Gasteiger partial charge in [-0.05, 0) is 61.0 Å². The molecule has 0 atom stereocenters. The van der Waals surface area contributed by atoms with Crippen LogP contribution in [0.5, 0.6) is 0 Å². The number of benzene rings is 3. The number of aromatic nitrogens is 1. The molecule has 168 valence electrons. The lowest BCUT2D eigenvalue weighted by molar-refractivity contribution is 0.0697. The number of nitrogens with zero attached hydrogens (tertiary/aromatic N) is 2. The van der Waals surface area contributed by atoms with Crippen LogP contribution in [0.15, 0.2) is 76.7 Å². The molecule has 0 aliphatic heterocycles. The fourth-order valence-electron chi connectivity index (χ4n) is 3.68. The van der Waals surface area contributed by atoms with E-state index in [1.807, 2.05) is 48.7 Å². The van der Waals surface area contributed by atoms with Crippen LogP contribution < -0.4 is 4.83 Å². The minimum Gasteiger partial charge on any atom is -0.478 e. The summed E-state index contributed by atoms with van der Waals surface area (Å²) in [5, 5.41) is 15.2. The largest absolute Gasteiger partial charge is 0.478 e. The zero-order chi connectivity index (χ0) is 23.8.